The second kappa shape index (κ2) is 7.09. The van der Waals surface area contributed by atoms with Crippen LogP contribution in [0.2, 0.25) is 0 Å². The van der Waals surface area contributed by atoms with Crippen molar-refractivity contribution in [3.63, 3.8) is 0 Å². The number of aryl methyl sites for hydroxylation is 1. The summed E-state index contributed by atoms with van der Waals surface area (Å²) in [4.78, 5) is 21.3. The normalized spacial score (nSPS) is 13.3. The van der Waals surface area contributed by atoms with Crippen molar-refractivity contribution in [3.05, 3.63) is 77.0 Å². The van der Waals surface area contributed by atoms with E-state index in [1.165, 1.54) is 11.1 Å². The van der Waals surface area contributed by atoms with E-state index < -0.39 is 0 Å². The van der Waals surface area contributed by atoms with E-state index in [-0.39, 0.29) is 5.91 Å². The zero-order chi connectivity index (χ0) is 17.9. The topological polar surface area (TPSA) is 71.8 Å². The van der Waals surface area contributed by atoms with Crippen LogP contribution in [0.15, 0.2) is 48.9 Å². The van der Waals surface area contributed by atoms with Gasteiger partial charge < -0.3 is 15.2 Å². The number of fused-ring (bicyclic) bond motifs is 1. The number of nitrogens with one attached hydrogen (secondary N) is 2. The van der Waals surface area contributed by atoms with Gasteiger partial charge in [0.15, 0.2) is 5.82 Å². The van der Waals surface area contributed by atoms with Crippen molar-refractivity contribution >= 4 is 11.7 Å². The maximum atomic E-state index is 12.5. The van der Waals surface area contributed by atoms with Crippen LogP contribution in [0.5, 0.6) is 0 Å². The Bertz CT molecular complexity index is 947. The molecule has 0 saturated carbocycles. The van der Waals surface area contributed by atoms with Crippen LogP contribution in [-0.4, -0.2) is 27.0 Å². The molecule has 2 N–H and O–H groups in total. The summed E-state index contributed by atoms with van der Waals surface area (Å²) < 4.78 is 1.95. The average Bonchev–Trinajstić information content (AvgIpc) is 3.08. The van der Waals surface area contributed by atoms with Crippen LogP contribution in [0, 0.1) is 6.92 Å². The van der Waals surface area contributed by atoms with Gasteiger partial charge in [0, 0.05) is 37.9 Å². The van der Waals surface area contributed by atoms with Gasteiger partial charge in [0.25, 0.3) is 5.91 Å². The van der Waals surface area contributed by atoms with Crippen molar-refractivity contribution < 1.29 is 4.79 Å². The van der Waals surface area contributed by atoms with Crippen molar-refractivity contribution in [3.8, 4) is 0 Å². The second-order valence-corrected chi connectivity index (χ2v) is 6.60. The molecule has 0 aliphatic carbocycles. The lowest BCUT2D eigenvalue weighted by Crippen LogP contribution is -2.25. The van der Waals surface area contributed by atoms with Crippen LogP contribution in [0.25, 0.3) is 0 Å². The van der Waals surface area contributed by atoms with Gasteiger partial charge in [-0.1, -0.05) is 35.9 Å². The largest absolute Gasteiger partial charge is 0.331 e. The minimum Gasteiger partial charge on any atom is -0.331 e. The van der Waals surface area contributed by atoms with Gasteiger partial charge in [-0.15, -0.1) is 0 Å². The molecule has 26 heavy (non-hydrogen) atoms. The van der Waals surface area contributed by atoms with E-state index in [9.17, 15) is 4.79 Å². The molecular weight excluding hydrogens is 326 g/mol. The maximum absolute atomic E-state index is 12.5. The molecule has 0 saturated heterocycles. The number of nitrogens with zero attached hydrogens (tertiary/aromatic N) is 3. The Hall–Kier alpha value is -2.99. The highest BCUT2D eigenvalue weighted by Gasteiger charge is 2.15. The Labute approximate surface area is 152 Å². The third-order valence-corrected chi connectivity index (χ3v) is 4.48. The molecule has 6 heteroatoms. The van der Waals surface area contributed by atoms with Gasteiger partial charge in [0.1, 0.15) is 5.69 Å². The molecule has 2 aromatic heterocycles. The molecule has 6 nitrogen and oxygen atoms in total. The number of aromatic nitrogens is 3. The number of benzene rings is 1. The second-order valence-electron chi connectivity index (χ2n) is 6.60. The summed E-state index contributed by atoms with van der Waals surface area (Å²) in [5, 5.41) is 6.14. The summed E-state index contributed by atoms with van der Waals surface area (Å²) in [6.45, 7) is 4.50. The number of imidazole rings is 1. The number of carbonyl (C=O) groups is 1. The van der Waals surface area contributed by atoms with E-state index in [0.717, 1.165) is 30.8 Å². The molecule has 0 spiro atoms. The Morgan fingerprint density at radius 1 is 1.31 bits per heavy atom. The number of pyridine rings is 1. The summed E-state index contributed by atoms with van der Waals surface area (Å²) in [7, 11) is 0. The smallest absolute Gasteiger partial charge is 0.275 e. The third kappa shape index (κ3) is 3.65. The van der Waals surface area contributed by atoms with Gasteiger partial charge in [-0.05, 0) is 24.1 Å². The minimum atomic E-state index is -0.230. The summed E-state index contributed by atoms with van der Waals surface area (Å²) >= 11 is 0. The van der Waals surface area contributed by atoms with E-state index in [1.54, 1.807) is 12.4 Å². The lowest BCUT2D eigenvalue weighted by atomic mass is 10.1. The number of hydrogen-bond acceptors (Lipinski definition) is 4. The van der Waals surface area contributed by atoms with Crippen molar-refractivity contribution in [1.82, 2.24) is 19.9 Å². The average molecular weight is 347 g/mol. The molecule has 0 radical (unpaired) electrons. The van der Waals surface area contributed by atoms with E-state index in [1.807, 2.05) is 22.9 Å². The van der Waals surface area contributed by atoms with Crippen LogP contribution in [0.1, 0.15) is 32.9 Å². The third-order valence-electron chi connectivity index (χ3n) is 4.48. The number of amides is 1. The number of rotatable bonds is 4. The summed E-state index contributed by atoms with van der Waals surface area (Å²) in [5.41, 5.74) is 5.02. The molecule has 4 rings (SSSR count). The number of carbonyl (C=O) groups excluding carboxylic acids is 1. The quantitative estimate of drug-likeness (QED) is 0.761. The van der Waals surface area contributed by atoms with E-state index >= 15 is 0 Å². The molecule has 1 aliphatic heterocycles. The van der Waals surface area contributed by atoms with Gasteiger partial charge in [-0.3, -0.25) is 4.79 Å². The van der Waals surface area contributed by atoms with Crippen LogP contribution >= 0.6 is 0 Å². The van der Waals surface area contributed by atoms with Crippen LogP contribution in [0.4, 0.5) is 5.82 Å². The molecule has 0 fully saturated rings. The lowest BCUT2D eigenvalue weighted by Gasteiger charge is -2.16. The molecule has 3 aromatic rings. The Balaban J connectivity index is 1.44. The highest BCUT2D eigenvalue weighted by atomic mass is 16.1. The fraction of sp³-hybridized carbons (Fsp3) is 0.250. The molecule has 0 atom stereocenters. The molecular formula is C20H21N5O. The summed E-state index contributed by atoms with van der Waals surface area (Å²) in [6.07, 6.45) is 4.41. The fourth-order valence-corrected chi connectivity index (χ4v) is 3.18. The zero-order valence-corrected chi connectivity index (χ0v) is 14.7. The Morgan fingerprint density at radius 3 is 3.12 bits per heavy atom. The van der Waals surface area contributed by atoms with Crippen LogP contribution in [0.3, 0.4) is 0 Å². The summed E-state index contributed by atoms with van der Waals surface area (Å²) in [6, 6.07) is 12.1. The zero-order valence-electron chi connectivity index (χ0n) is 14.7. The molecule has 1 aliphatic rings. The van der Waals surface area contributed by atoms with Gasteiger partial charge >= 0.3 is 0 Å². The highest BCUT2D eigenvalue weighted by Crippen LogP contribution is 2.14. The minimum absolute atomic E-state index is 0.230. The highest BCUT2D eigenvalue weighted by molar-refractivity contribution is 6.02. The van der Waals surface area contributed by atoms with Crippen molar-refractivity contribution in [2.24, 2.45) is 0 Å². The van der Waals surface area contributed by atoms with Gasteiger partial charge in [-0.25, -0.2) is 9.97 Å². The molecule has 0 bridgehead atoms. The summed E-state index contributed by atoms with van der Waals surface area (Å²) in [5.74, 6) is 0.302. The monoisotopic (exact) mass is 347 g/mol. The first-order chi connectivity index (χ1) is 12.7. The first kappa shape index (κ1) is 16.5. The number of hydrogen-bond donors (Lipinski definition) is 2. The molecule has 3 heterocycles. The lowest BCUT2D eigenvalue weighted by molar-refractivity contribution is 0.102. The van der Waals surface area contributed by atoms with Crippen LogP contribution in [-0.2, 0) is 19.5 Å². The standard InChI is InChI=1S/C20H21N5O/c1-14-3-2-4-15(9-14)11-25-12-19(22-13-25)24-20(26)18-6-5-16-10-21-8-7-17(16)23-18/h2-6,9,12-13,21H,7-8,10-11H2,1H3,(H,24,26). The van der Waals surface area contributed by atoms with E-state index in [2.05, 4.69) is 45.7 Å². The van der Waals surface area contributed by atoms with Crippen molar-refractivity contribution in [2.75, 3.05) is 11.9 Å². The van der Waals surface area contributed by atoms with Gasteiger partial charge in [0.2, 0.25) is 0 Å². The van der Waals surface area contributed by atoms with Crippen molar-refractivity contribution in [2.45, 2.75) is 26.4 Å². The predicted molar refractivity (Wildman–Crippen MR) is 100 cm³/mol. The van der Waals surface area contributed by atoms with Gasteiger partial charge in [0.05, 0.1) is 6.33 Å². The maximum Gasteiger partial charge on any atom is 0.275 e. The van der Waals surface area contributed by atoms with E-state index in [0.29, 0.717) is 18.1 Å². The first-order valence-corrected chi connectivity index (χ1v) is 8.75. The van der Waals surface area contributed by atoms with E-state index in [4.69, 9.17) is 0 Å². The van der Waals surface area contributed by atoms with Gasteiger partial charge in [-0.2, -0.15) is 0 Å². The van der Waals surface area contributed by atoms with Crippen LogP contribution < -0.4 is 10.6 Å². The first-order valence-electron chi connectivity index (χ1n) is 8.75. The predicted octanol–water partition coefficient (Wildman–Crippen LogP) is 2.53. The Kier molecular flexibility index (Phi) is 4.50. The fourth-order valence-electron chi connectivity index (χ4n) is 3.18. The number of anilines is 1. The molecule has 132 valence electrons. The molecule has 1 aromatic carbocycles. The molecule has 0 unspecified atom stereocenters. The SMILES string of the molecule is Cc1cccc(Cn2cnc(NC(=O)c3ccc4c(n3)CCNC4)c2)c1. The molecule has 1 amide bonds. The Morgan fingerprint density at radius 2 is 2.23 bits per heavy atom. The van der Waals surface area contributed by atoms with Crippen molar-refractivity contribution in [1.29, 1.82) is 0 Å².